The van der Waals surface area contributed by atoms with Crippen molar-refractivity contribution < 1.29 is 4.79 Å². The first-order chi connectivity index (χ1) is 14.1. The van der Waals surface area contributed by atoms with Crippen LogP contribution >= 0.6 is 0 Å². The van der Waals surface area contributed by atoms with Crippen LogP contribution in [0.3, 0.4) is 0 Å². The molecular formula is C23H23N5O. The van der Waals surface area contributed by atoms with Crippen molar-refractivity contribution in [1.29, 1.82) is 0 Å². The SMILES string of the molecule is CCc1ccc(NC(=O)c2nnc3c(-c4ccccc4)c(CC)nn3c2C)cc1. The van der Waals surface area contributed by atoms with Crippen LogP contribution in [0.5, 0.6) is 0 Å². The topological polar surface area (TPSA) is 72.2 Å². The van der Waals surface area contributed by atoms with Gasteiger partial charge < -0.3 is 5.32 Å². The lowest BCUT2D eigenvalue weighted by molar-refractivity contribution is 0.102. The number of hydrogen-bond acceptors (Lipinski definition) is 4. The summed E-state index contributed by atoms with van der Waals surface area (Å²) in [4.78, 5) is 12.8. The van der Waals surface area contributed by atoms with Gasteiger partial charge in [0.05, 0.1) is 17.0 Å². The van der Waals surface area contributed by atoms with Crippen LogP contribution in [0, 0.1) is 6.92 Å². The number of carbonyl (C=O) groups excluding carboxylic acids is 1. The summed E-state index contributed by atoms with van der Waals surface area (Å²) in [6.45, 7) is 6.00. The summed E-state index contributed by atoms with van der Waals surface area (Å²) in [7, 11) is 0. The Labute approximate surface area is 169 Å². The normalized spacial score (nSPS) is 11.0. The average molecular weight is 385 g/mol. The van der Waals surface area contributed by atoms with Gasteiger partial charge in [0.1, 0.15) is 0 Å². The average Bonchev–Trinajstić information content (AvgIpc) is 3.14. The van der Waals surface area contributed by atoms with Crippen molar-refractivity contribution in [1.82, 2.24) is 19.8 Å². The molecule has 2 heterocycles. The maximum Gasteiger partial charge on any atom is 0.278 e. The number of aryl methyl sites for hydroxylation is 3. The second-order valence-electron chi connectivity index (χ2n) is 6.92. The Morgan fingerprint density at radius 3 is 2.34 bits per heavy atom. The smallest absolute Gasteiger partial charge is 0.278 e. The van der Waals surface area contributed by atoms with Crippen LogP contribution in [0.1, 0.15) is 41.3 Å². The highest BCUT2D eigenvalue weighted by atomic mass is 16.2. The van der Waals surface area contributed by atoms with Crippen molar-refractivity contribution in [3.05, 3.63) is 77.2 Å². The zero-order valence-corrected chi connectivity index (χ0v) is 16.8. The van der Waals surface area contributed by atoms with Crippen molar-refractivity contribution in [2.45, 2.75) is 33.6 Å². The fourth-order valence-corrected chi connectivity index (χ4v) is 3.42. The molecule has 4 rings (SSSR count). The number of nitrogens with zero attached hydrogens (tertiary/aromatic N) is 4. The molecule has 0 saturated heterocycles. The lowest BCUT2D eigenvalue weighted by Crippen LogP contribution is -2.18. The minimum Gasteiger partial charge on any atom is -0.321 e. The molecule has 0 unspecified atom stereocenters. The Bertz CT molecular complexity index is 1160. The first kappa shape index (κ1) is 18.8. The van der Waals surface area contributed by atoms with E-state index in [1.807, 2.05) is 61.5 Å². The van der Waals surface area contributed by atoms with Crippen molar-refractivity contribution in [3.8, 4) is 11.1 Å². The van der Waals surface area contributed by atoms with Gasteiger partial charge in [0.15, 0.2) is 11.3 Å². The number of hydrogen-bond donors (Lipinski definition) is 1. The molecule has 0 bridgehead atoms. The predicted molar refractivity (Wildman–Crippen MR) is 114 cm³/mol. The zero-order chi connectivity index (χ0) is 20.4. The lowest BCUT2D eigenvalue weighted by Gasteiger charge is -2.08. The largest absolute Gasteiger partial charge is 0.321 e. The van der Waals surface area contributed by atoms with Gasteiger partial charge in [-0.25, -0.2) is 4.52 Å². The Hall–Kier alpha value is -3.54. The van der Waals surface area contributed by atoms with E-state index in [1.165, 1.54) is 5.56 Å². The molecule has 0 spiro atoms. The Kier molecular flexibility index (Phi) is 5.08. The molecular weight excluding hydrogens is 362 g/mol. The molecule has 0 aliphatic heterocycles. The molecule has 0 radical (unpaired) electrons. The van der Waals surface area contributed by atoms with Crippen molar-refractivity contribution >= 4 is 17.2 Å². The van der Waals surface area contributed by atoms with Gasteiger partial charge in [-0.15, -0.1) is 10.2 Å². The molecule has 0 aliphatic rings. The molecule has 29 heavy (non-hydrogen) atoms. The summed E-state index contributed by atoms with van der Waals surface area (Å²) < 4.78 is 1.73. The zero-order valence-electron chi connectivity index (χ0n) is 16.8. The minimum atomic E-state index is -0.295. The minimum absolute atomic E-state index is 0.266. The number of carbonyl (C=O) groups is 1. The standard InChI is InChI=1S/C23H23N5O/c1-4-16-11-13-18(14-12-16)24-23(29)21-15(3)28-22(26-25-21)20(19(5-2)27-28)17-9-7-6-8-10-17/h6-14H,4-5H2,1-3H3,(H,24,29). The van der Waals surface area contributed by atoms with E-state index < -0.39 is 0 Å². The summed E-state index contributed by atoms with van der Waals surface area (Å²) in [5.41, 5.74) is 6.48. The van der Waals surface area contributed by atoms with Crippen LogP contribution in [0.2, 0.25) is 0 Å². The van der Waals surface area contributed by atoms with Gasteiger partial charge in [-0.05, 0) is 43.0 Å². The number of aromatic nitrogens is 4. The van der Waals surface area contributed by atoms with E-state index in [2.05, 4.69) is 29.4 Å². The summed E-state index contributed by atoms with van der Waals surface area (Å²) in [5.74, 6) is -0.295. The Morgan fingerprint density at radius 1 is 0.966 bits per heavy atom. The van der Waals surface area contributed by atoms with Crippen molar-refractivity contribution in [2.24, 2.45) is 0 Å². The van der Waals surface area contributed by atoms with E-state index >= 15 is 0 Å². The molecule has 0 aliphatic carbocycles. The van der Waals surface area contributed by atoms with Gasteiger partial charge in [0, 0.05) is 5.69 Å². The lowest BCUT2D eigenvalue weighted by atomic mass is 10.0. The Balaban J connectivity index is 1.73. The number of fused-ring (bicyclic) bond motifs is 1. The van der Waals surface area contributed by atoms with Crippen LogP contribution in [-0.4, -0.2) is 25.7 Å². The third kappa shape index (κ3) is 3.49. The van der Waals surface area contributed by atoms with E-state index in [1.54, 1.807) is 4.52 Å². The number of rotatable bonds is 5. The van der Waals surface area contributed by atoms with Crippen LogP contribution < -0.4 is 5.32 Å². The quantitative estimate of drug-likeness (QED) is 0.550. The third-order valence-corrected chi connectivity index (χ3v) is 5.07. The molecule has 4 aromatic rings. The van der Waals surface area contributed by atoms with Gasteiger partial charge >= 0.3 is 0 Å². The highest BCUT2D eigenvalue weighted by molar-refractivity contribution is 6.03. The summed E-state index contributed by atoms with van der Waals surface area (Å²) >= 11 is 0. The molecule has 1 amide bonds. The van der Waals surface area contributed by atoms with Crippen molar-refractivity contribution in [3.63, 3.8) is 0 Å². The van der Waals surface area contributed by atoms with E-state index in [9.17, 15) is 4.79 Å². The predicted octanol–water partition coefficient (Wildman–Crippen LogP) is 4.48. The van der Waals surface area contributed by atoms with Crippen LogP contribution in [0.25, 0.3) is 16.8 Å². The van der Waals surface area contributed by atoms with Crippen LogP contribution in [-0.2, 0) is 12.8 Å². The molecule has 0 atom stereocenters. The highest BCUT2D eigenvalue weighted by Crippen LogP contribution is 2.28. The first-order valence-corrected chi connectivity index (χ1v) is 9.83. The fraction of sp³-hybridized carbons (Fsp3) is 0.217. The molecule has 1 N–H and O–H groups in total. The van der Waals surface area contributed by atoms with E-state index in [0.29, 0.717) is 11.3 Å². The molecule has 2 aromatic heterocycles. The monoisotopic (exact) mass is 385 g/mol. The van der Waals surface area contributed by atoms with Crippen molar-refractivity contribution in [2.75, 3.05) is 5.32 Å². The summed E-state index contributed by atoms with van der Waals surface area (Å²) in [6, 6.07) is 17.8. The maximum absolute atomic E-state index is 12.8. The Morgan fingerprint density at radius 2 is 1.69 bits per heavy atom. The number of benzene rings is 2. The third-order valence-electron chi connectivity index (χ3n) is 5.07. The highest BCUT2D eigenvalue weighted by Gasteiger charge is 2.21. The molecule has 2 aromatic carbocycles. The van der Waals surface area contributed by atoms with Gasteiger partial charge in [-0.3, -0.25) is 4.79 Å². The summed E-state index contributed by atoms with van der Waals surface area (Å²) in [6.07, 6.45) is 1.72. The van der Waals surface area contributed by atoms with E-state index in [-0.39, 0.29) is 11.6 Å². The second-order valence-corrected chi connectivity index (χ2v) is 6.92. The van der Waals surface area contributed by atoms with E-state index in [4.69, 9.17) is 5.10 Å². The van der Waals surface area contributed by atoms with E-state index in [0.717, 1.165) is 35.3 Å². The first-order valence-electron chi connectivity index (χ1n) is 9.83. The number of nitrogens with one attached hydrogen (secondary N) is 1. The van der Waals surface area contributed by atoms with Crippen LogP contribution in [0.15, 0.2) is 54.6 Å². The second kappa shape index (κ2) is 7.83. The number of anilines is 1. The van der Waals surface area contributed by atoms with Gasteiger partial charge in [0.25, 0.3) is 5.91 Å². The van der Waals surface area contributed by atoms with Crippen LogP contribution in [0.4, 0.5) is 5.69 Å². The molecule has 6 heteroatoms. The van der Waals surface area contributed by atoms with Gasteiger partial charge in [0.2, 0.25) is 0 Å². The molecule has 0 saturated carbocycles. The fourth-order valence-electron chi connectivity index (χ4n) is 3.42. The summed E-state index contributed by atoms with van der Waals surface area (Å²) in [5, 5.41) is 16.2. The number of amides is 1. The van der Waals surface area contributed by atoms with Gasteiger partial charge in [-0.2, -0.15) is 5.10 Å². The molecule has 0 fully saturated rings. The maximum atomic E-state index is 12.8. The van der Waals surface area contributed by atoms with Gasteiger partial charge in [-0.1, -0.05) is 56.3 Å². The molecule has 146 valence electrons. The molecule has 6 nitrogen and oxygen atoms in total.